The smallest absolute Gasteiger partial charge is 0.0674 e. The van der Waals surface area contributed by atoms with Gasteiger partial charge in [0.05, 0.1) is 17.1 Å². The lowest BCUT2D eigenvalue weighted by Crippen LogP contribution is -2.09. The Kier molecular flexibility index (Phi) is 1.84. The second kappa shape index (κ2) is 2.77. The molecule has 2 heterocycles. The molecule has 0 aliphatic rings. The molecule has 0 atom stereocenters. The number of thiophene rings is 1. The van der Waals surface area contributed by atoms with E-state index in [0.717, 1.165) is 0 Å². The Morgan fingerprint density at radius 2 is 1.85 bits per heavy atom. The summed E-state index contributed by atoms with van der Waals surface area (Å²) in [4.78, 5) is 0. The predicted octanol–water partition coefficient (Wildman–Crippen LogP) is 2.99. The molecule has 0 aliphatic carbocycles. The lowest BCUT2D eigenvalue weighted by Gasteiger charge is -2.17. The first-order valence-electron chi connectivity index (χ1n) is 4.27. The summed E-state index contributed by atoms with van der Waals surface area (Å²) in [7, 11) is 0. The van der Waals surface area contributed by atoms with Crippen molar-refractivity contribution in [2.24, 2.45) is 0 Å². The van der Waals surface area contributed by atoms with Gasteiger partial charge in [0.25, 0.3) is 0 Å². The first-order valence-corrected chi connectivity index (χ1v) is 5.15. The third kappa shape index (κ3) is 1.44. The van der Waals surface area contributed by atoms with Crippen molar-refractivity contribution in [2.75, 3.05) is 0 Å². The van der Waals surface area contributed by atoms with E-state index in [1.807, 2.05) is 12.4 Å². The monoisotopic (exact) mass is 192 g/mol. The molecule has 0 aliphatic heterocycles. The molecule has 0 saturated carbocycles. The van der Waals surface area contributed by atoms with E-state index >= 15 is 0 Å². The minimum atomic E-state index is 0.196. The highest BCUT2D eigenvalue weighted by Crippen LogP contribution is 2.33. The summed E-state index contributed by atoms with van der Waals surface area (Å²) >= 11 is 1.74. The van der Waals surface area contributed by atoms with Crippen molar-refractivity contribution in [1.29, 1.82) is 0 Å². The van der Waals surface area contributed by atoms with Crippen molar-refractivity contribution in [1.82, 2.24) is 10.2 Å². The lowest BCUT2D eigenvalue weighted by atomic mass is 9.87. The van der Waals surface area contributed by atoms with Crippen molar-refractivity contribution in [3.63, 3.8) is 0 Å². The van der Waals surface area contributed by atoms with E-state index in [0.29, 0.717) is 0 Å². The summed E-state index contributed by atoms with van der Waals surface area (Å²) in [5.74, 6) is 0. The highest BCUT2D eigenvalue weighted by molar-refractivity contribution is 7.17. The van der Waals surface area contributed by atoms with Crippen LogP contribution in [0, 0.1) is 0 Å². The fourth-order valence-electron chi connectivity index (χ4n) is 1.37. The van der Waals surface area contributed by atoms with Gasteiger partial charge in [-0.25, -0.2) is 0 Å². The standard InChI is InChI=1S/C10H12N2S/c1-10(2,3)8-6-13-9-5-12-11-4-7(8)9/h4-6H,1-3H3. The van der Waals surface area contributed by atoms with Gasteiger partial charge in [-0.05, 0) is 16.4 Å². The molecule has 2 aromatic rings. The molecule has 0 bridgehead atoms. The summed E-state index contributed by atoms with van der Waals surface area (Å²) in [5.41, 5.74) is 1.56. The van der Waals surface area contributed by atoms with Crippen LogP contribution in [0.1, 0.15) is 26.3 Å². The summed E-state index contributed by atoms with van der Waals surface area (Å²) in [6.07, 6.45) is 3.68. The van der Waals surface area contributed by atoms with Gasteiger partial charge in [0.2, 0.25) is 0 Å². The van der Waals surface area contributed by atoms with Gasteiger partial charge < -0.3 is 0 Å². The highest BCUT2D eigenvalue weighted by Gasteiger charge is 2.18. The van der Waals surface area contributed by atoms with Crippen LogP contribution < -0.4 is 0 Å². The fourth-order valence-corrected chi connectivity index (χ4v) is 2.50. The van der Waals surface area contributed by atoms with E-state index in [4.69, 9.17) is 0 Å². The predicted molar refractivity (Wildman–Crippen MR) is 56.1 cm³/mol. The quantitative estimate of drug-likeness (QED) is 0.641. The van der Waals surface area contributed by atoms with Crippen LogP contribution in [0.2, 0.25) is 0 Å². The summed E-state index contributed by atoms with van der Waals surface area (Å²) in [6, 6.07) is 0. The van der Waals surface area contributed by atoms with Crippen molar-refractivity contribution in [3.8, 4) is 0 Å². The maximum Gasteiger partial charge on any atom is 0.0674 e. The molecule has 2 rings (SSSR count). The average Bonchev–Trinajstić information content (AvgIpc) is 2.45. The van der Waals surface area contributed by atoms with Crippen molar-refractivity contribution in [2.45, 2.75) is 26.2 Å². The number of aromatic nitrogens is 2. The van der Waals surface area contributed by atoms with E-state index in [1.54, 1.807) is 11.3 Å². The van der Waals surface area contributed by atoms with E-state index < -0.39 is 0 Å². The van der Waals surface area contributed by atoms with Gasteiger partial charge in [-0.3, -0.25) is 0 Å². The van der Waals surface area contributed by atoms with Crippen LogP contribution in [-0.4, -0.2) is 10.2 Å². The molecule has 2 nitrogen and oxygen atoms in total. The van der Waals surface area contributed by atoms with E-state index in [2.05, 4.69) is 36.3 Å². The van der Waals surface area contributed by atoms with Crippen molar-refractivity contribution >= 4 is 21.4 Å². The zero-order valence-corrected chi connectivity index (χ0v) is 8.85. The number of nitrogens with zero attached hydrogens (tertiary/aromatic N) is 2. The van der Waals surface area contributed by atoms with Gasteiger partial charge in [0.15, 0.2) is 0 Å². The Labute approximate surface area is 81.6 Å². The maximum atomic E-state index is 3.92. The van der Waals surface area contributed by atoms with E-state index in [-0.39, 0.29) is 5.41 Å². The average molecular weight is 192 g/mol. The molecule has 0 radical (unpaired) electrons. The number of hydrogen-bond donors (Lipinski definition) is 0. The van der Waals surface area contributed by atoms with Crippen LogP contribution in [0.25, 0.3) is 10.1 Å². The first kappa shape index (κ1) is 8.63. The molecule has 2 aromatic heterocycles. The van der Waals surface area contributed by atoms with Gasteiger partial charge in [0, 0.05) is 5.39 Å². The summed E-state index contributed by atoms with van der Waals surface area (Å²) in [5, 5.41) is 11.2. The van der Waals surface area contributed by atoms with Crippen molar-refractivity contribution < 1.29 is 0 Å². The van der Waals surface area contributed by atoms with Gasteiger partial charge >= 0.3 is 0 Å². The van der Waals surface area contributed by atoms with E-state index in [9.17, 15) is 0 Å². The summed E-state index contributed by atoms with van der Waals surface area (Å²) < 4.78 is 1.22. The Hall–Kier alpha value is -0.960. The summed E-state index contributed by atoms with van der Waals surface area (Å²) in [6.45, 7) is 6.65. The lowest BCUT2D eigenvalue weighted by molar-refractivity contribution is 0.597. The number of fused-ring (bicyclic) bond motifs is 1. The molecule has 0 aromatic carbocycles. The molecule has 0 unspecified atom stereocenters. The van der Waals surface area contributed by atoms with Crippen LogP contribution in [0.4, 0.5) is 0 Å². The molecular formula is C10H12N2S. The zero-order chi connectivity index (χ0) is 9.47. The molecular weight excluding hydrogens is 180 g/mol. The normalized spacial score (nSPS) is 12.2. The minimum Gasteiger partial charge on any atom is -0.158 e. The SMILES string of the molecule is CC(C)(C)c1csc2cnncc12. The molecule has 3 heteroatoms. The second-order valence-corrected chi connectivity index (χ2v) is 5.08. The van der Waals surface area contributed by atoms with Crippen LogP contribution in [0.15, 0.2) is 17.8 Å². The molecule has 0 N–H and O–H groups in total. The largest absolute Gasteiger partial charge is 0.158 e. The molecule has 0 amide bonds. The first-order chi connectivity index (χ1) is 6.09. The van der Waals surface area contributed by atoms with Gasteiger partial charge in [-0.1, -0.05) is 20.8 Å². The Bertz CT molecular complexity index is 426. The minimum absolute atomic E-state index is 0.196. The fraction of sp³-hybridized carbons (Fsp3) is 0.400. The number of hydrogen-bond acceptors (Lipinski definition) is 3. The molecule has 0 fully saturated rings. The Balaban J connectivity index is 2.72. The second-order valence-electron chi connectivity index (χ2n) is 4.17. The third-order valence-electron chi connectivity index (χ3n) is 2.10. The Morgan fingerprint density at radius 1 is 1.15 bits per heavy atom. The van der Waals surface area contributed by atoms with Crippen LogP contribution in [0.5, 0.6) is 0 Å². The highest BCUT2D eigenvalue weighted by atomic mass is 32.1. The van der Waals surface area contributed by atoms with Crippen molar-refractivity contribution in [3.05, 3.63) is 23.3 Å². The van der Waals surface area contributed by atoms with E-state index in [1.165, 1.54) is 15.6 Å². The molecule has 13 heavy (non-hydrogen) atoms. The van der Waals surface area contributed by atoms with Crippen LogP contribution in [0.3, 0.4) is 0 Å². The molecule has 0 saturated heterocycles. The Morgan fingerprint density at radius 3 is 2.54 bits per heavy atom. The van der Waals surface area contributed by atoms with Crippen LogP contribution >= 0.6 is 11.3 Å². The third-order valence-corrected chi connectivity index (χ3v) is 3.03. The zero-order valence-electron chi connectivity index (χ0n) is 8.03. The topological polar surface area (TPSA) is 25.8 Å². The van der Waals surface area contributed by atoms with Gasteiger partial charge in [-0.2, -0.15) is 10.2 Å². The number of rotatable bonds is 0. The van der Waals surface area contributed by atoms with Gasteiger partial charge in [-0.15, -0.1) is 11.3 Å². The molecule has 68 valence electrons. The van der Waals surface area contributed by atoms with Crippen LogP contribution in [-0.2, 0) is 5.41 Å². The maximum absolute atomic E-state index is 3.92. The molecule has 0 spiro atoms. The van der Waals surface area contributed by atoms with Gasteiger partial charge in [0.1, 0.15) is 0 Å².